The van der Waals surface area contributed by atoms with Crippen molar-refractivity contribution < 1.29 is 24.5 Å². The second kappa shape index (κ2) is 7.70. The van der Waals surface area contributed by atoms with E-state index < -0.39 is 11.9 Å². The summed E-state index contributed by atoms with van der Waals surface area (Å²) in [4.78, 5) is 22.9. The quantitative estimate of drug-likeness (QED) is 0.742. The lowest BCUT2D eigenvalue weighted by Crippen LogP contribution is -2.14. The fourth-order valence-corrected chi connectivity index (χ4v) is 2.96. The Bertz CT molecular complexity index is 784. The van der Waals surface area contributed by atoms with Crippen LogP contribution in [0.3, 0.4) is 0 Å². The van der Waals surface area contributed by atoms with Gasteiger partial charge in [0, 0.05) is 10.9 Å². The molecule has 0 radical (unpaired) electrons. The molecule has 0 spiro atoms. The highest BCUT2D eigenvalue weighted by Crippen LogP contribution is 2.27. The molecule has 0 aliphatic heterocycles. The third kappa shape index (κ3) is 4.39. The van der Waals surface area contributed by atoms with Gasteiger partial charge in [-0.3, -0.25) is 0 Å². The summed E-state index contributed by atoms with van der Waals surface area (Å²) in [6.45, 7) is 5.76. The van der Waals surface area contributed by atoms with Crippen LogP contribution in [0.4, 0.5) is 0 Å². The van der Waals surface area contributed by atoms with Crippen molar-refractivity contribution in [1.29, 1.82) is 0 Å². The van der Waals surface area contributed by atoms with Gasteiger partial charge in [-0.05, 0) is 67.3 Å². The van der Waals surface area contributed by atoms with E-state index in [1.165, 1.54) is 12.1 Å². The first-order valence-electron chi connectivity index (χ1n) is 7.70. The molecule has 0 aliphatic carbocycles. The summed E-state index contributed by atoms with van der Waals surface area (Å²) in [5, 5.41) is 18.8. The Kier molecular flexibility index (Phi) is 5.85. The average molecular weight is 407 g/mol. The van der Waals surface area contributed by atoms with Gasteiger partial charge in [0.1, 0.15) is 5.75 Å². The largest absolute Gasteiger partial charge is 0.493 e. The van der Waals surface area contributed by atoms with Crippen LogP contribution in [-0.4, -0.2) is 28.8 Å². The van der Waals surface area contributed by atoms with Crippen molar-refractivity contribution in [2.45, 2.75) is 27.2 Å². The molecule has 0 heterocycles. The molecule has 0 unspecified atom stereocenters. The van der Waals surface area contributed by atoms with Gasteiger partial charge in [-0.25, -0.2) is 9.59 Å². The lowest BCUT2D eigenvalue weighted by atomic mass is 9.96. The number of carboxylic acid groups (broad SMARTS) is 2. The molecule has 25 heavy (non-hydrogen) atoms. The molecule has 0 saturated heterocycles. The summed E-state index contributed by atoms with van der Waals surface area (Å²) in [6, 6.07) is 6.72. The maximum atomic E-state index is 11.5. The third-order valence-electron chi connectivity index (χ3n) is 3.89. The summed E-state index contributed by atoms with van der Waals surface area (Å²) >= 11 is 3.49. The van der Waals surface area contributed by atoms with E-state index in [2.05, 4.69) is 15.9 Å². The lowest BCUT2D eigenvalue weighted by Gasteiger charge is -2.13. The van der Waals surface area contributed by atoms with Crippen LogP contribution in [0, 0.1) is 20.8 Å². The zero-order valence-electron chi connectivity index (χ0n) is 14.2. The normalized spacial score (nSPS) is 10.6. The Labute approximate surface area is 154 Å². The van der Waals surface area contributed by atoms with Crippen LogP contribution < -0.4 is 4.74 Å². The van der Waals surface area contributed by atoms with Crippen molar-refractivity contribution in [3.8, 4) is 5.75 Å². The fourth-order valence-electron chi connectivity index (χ4n) is 2.73. The van der Waals surface area contributed by atoms with Crippen molar-refractivity contribution in [3.63, 3.8) is 0 Å². The minimum atomic E-state index is -1.14. The SMILES string of the molecule is Cc1cc(C(=O)O)c(CCOc2cc(C)c(Br)c(C)c2)c(C(=O)O)c1. The molecule has 6 heteroatoms. The number of hydrogen-bond donors (Lipinski definition) is 2. The molecule has 0 amide bonds. The Morgan fingerprint density at radius 3 is 1.88 bits per heavy atom. The van der Waals surface area contributed by atoms with Crippen molar-refractivity contribution in [1.82, 2.24) is 0 Å². The van der Waals surface area contributed by atoms with Crippen LogP contribution in [0.15, 0.2) is 28.7 Å². The summed E-state index contributed by atoms with van der Waals surface area (Å²) in [6.07, 6.45) is 0.192. The van der Waals surface area contributed by atoms with Crippen LogP contribution in [-0.2, 0) is 6.42 Å². The molecule has 0 aliphatic rings. The number of carbonyl (C=O) groups is 2. The zero-order valence-corrected chi connectivity index (χ0v) is 15.8. The Balaban J connectivity index is 2.26. The molecule has 132 valence electrons. The molecule has 2 aromatic carbocycles. The van der Waals surface area contributed by atoms with E-state index in [0.717, 1.165) is 15.6 Å². The summed E-state index contributed by atoms with van der Waals surface area (Å²) < 4.78 is 6.73. The molecule has 0 fully saturated rings. The highest BCUT2D eigenvalue weighted by molar-refractivity contribution is 9.10. The Morgan fingerprint density at radius 1 is 0.960 bits per heavy atom. The van der Waals surface area contributed by atoms with E-state index in [9.17, 15) is 19.8 Å². The van der Waals surface area contributed by atoms with Crippen LogP contribution in [0.2, 0.25) is 0 Å². The Morgan fingerprint density at radius 2 is 1.44 bits per heavy atom. The smallest absolute Gasteiger partial charge is 0.336 e. The van der Waals surface area contributed by atoms with E-state index in [1.807, 2.05) is 26.0 Å². The number of halogens is 1. The number of ether oxygens (including phenoxy) is 1. The van der Waals surface area contributed by atoms with Gasteiger partial charge in [0.25, 0.3) is 0 Å². The van der Waals surface area contributed by atoms with Gasteiger partial charge in [-0.15, -0.1) is 0 Å². The van der Waals surface area contributed by atoms with Crippen LogP contribution in [0.1, 0.15) is 43.0 Å². The number of hydrogen-bond acceptors (Lipinski definition) is 3. The van der Waals surface area contributed by atoms with Crippen molar-refractivity contribution >= 4 is 27.9 Å². The number of carboxylic acids is 2. The summed E-state index contributed by atoms with van der Waals surface area (Å²) in [7, 11) is 0. The predicted molar refractivity (Wildman–Crippen MR) is 97.9 cm³/mol. The molecule has 0 atom stereocenters. The van der Waals surface area contributed by atoms with Gasteiger partial charge in [0.2, 0.25) is 0 Å². The second-order valence-corrected chi connectivity index (χ2v) is 6.71. The standard InChI is InChI=1S/C19H19BrO5/c1-10-6-15(18(21)22)14(16(7-10)19(23)24)4-5-25-13-8-11(2)17(20)12(3)9-13/h6-9H,4-5H2,1-3H3,(H,21,22)(H,23,24). The van der Waals surface area contributed by atoms with Crippen LogP contribution in [0.25, 0.3) is 0 Å². The van der Waals surface area contributed by atoms with E-state index >= 15 is 0 Å². The second-order valence-electron chi connectivity index (χ2n) is 5.92. The van der Waals surface area contributed by atoms with Crippen molar-refractivity contribution in [2.24, 2.45) is 0 Å². The molecule has 0 bridgehead atoms. The topological polar surface area (TPSA) is 83.8 Å². The van der Waals surface area contributed by atoms with Gasteiger partial charge in [-0.1, -0.05) is 15.9 Å². The number of aromatic carboxylic acids is 2. The van der Waals surface area contributed by atoms with Gasteiger partial charge < -0.3 is 14.9 Å². The molecular formula is C19H19BrO5. The maximum absolute atomic E-state index is 11.5. The first-order chi connectivity index (χ1) is 11.7. The monoisotopic (exact) mass is 406 g/mol. The van der Waals surface area contributed by atoms with E-state index in [-0.39, 0.29) is 29.7 Å². The highest BCUT2D eigenvalue weighted by atomic mass is 79.9. The number of rotatable bonds is 6. The molecule has 5 nitrogen and oxygen atoms in total. The first-order valence-corrected chi connectivity index (χ1v) is 8.49. The Hall–Kier alpha value is -2.34. The van der Waals surface area contributed by atoms with E-state index in [0.29, 0.717) is 11.3 Å². The minimum absolute atomic E-state index is 0.00386. The minimum Gasteiger partial charge on any atom is -0.493 e. The van der Waals surface area contributed by atoms with Gasteiger partial charge in [0.05, 0.1) is 17.7 Å². The lowest BCUT2D eigenvalue weighted by molar-refractivity contribution is 0.0695. The first kappa shape index (κ1) is 19.0. The third-order valence-corrected chi connectivity index (χ3v) is 5.14. The van der Waals surface area contributed by atoms with Gasteiger partial charge >= 0.3 is 11.9 Å². The number of aryl methyl sites for hydroxylation is 3. The summed E-state index contributed by atoms with van der Waals surface area (Å²) in [5.74, 6) is -1.62. The molecule has 2 N–H and O–H groups in total. The molecular weight excluding hydrogens is 388 g/mol. The predicted octanol–water partition coefficient (Wildman–Crippen LogP) is 4.39. The molecule has 0 aromatic heterocycles. The van der Waals surface area contributed by atoms with Crippen molar-refractivity contribution in [2.75, 3.05) is 6.61 Å². The van der Waals surface area contributed by atoms with Crippen molar-refractivity contribution in [3.05, 3.63) is 62.1 Å². The molecule has 2 aromatic rings. The molecule has 0 saturated carbocycles. The average Bonchev–Trinajstić information content (AvgIpc) is 2.52. The van der Waals surface area contributed by atoms with E-state index in [1.54, 1.807) is 6.92 Å². The fraction of sp³-hybridized carbons (Fsp3) is 0.263. The zero-order chi connectivity index (χ0) is 18.7. The summed E-state index contributed by atoms with van der Waals surface area (Å²) in [5.41, 5.74) is 2.94. The molecule has 2 rings (SSSR count). The maximum Gasteiger partial charge on any atom is 0.336 e. The number of benzene rings is 2. The van der Waals surface area contributed by atoms with Crippen LogP contribution >= 0.6 is 15.9 Å². The van der Waals surface area contributed by atoms with E-state index in [4.69, 9.17) is 4.74 Å². The van der Waals surface area contributed by atoms with Gasteiger partial charge in [0.15, 0.2) is 0 Å². The highest BCUT2D eigenvalue weighted by Gasteiger charge is 2.19. The van der Waals surface area contributed by atoms with Gasteiger partial charge in [-0.2, -0.15) is 0 Å². The van der Waals surface area contributed by atoms with Crippen LogP contribution in [0.5, 0.6) is 5.75 Å².